The molecule has 11 heteroatoms. The largest absolute Gasteiger partial charge is 0.470 e. The molecule has 4 aliphatic rings. The Labute approximate surface area is 279 Å². The van der Waals surface area contributed by atoms with Gasteiger partial charge in [0.05, 0.1) is 6.26 Å². The van der Waals surface area contributed by atoms with Crippen LogP contribution in [0.2, 0.25) is 0 Å². The monoisotopic (exact) mass is 692 g/mol. The minimum absolute atomic E-state index is 0.116. The van der Waals surface area contributed by atoms with Crippen LogP contribution in [0.5, 0.6) is 0 Å². The van der Waals surface area contributed by atoms with Crippen molar-refractivity contribution in [3.05, 3.63) is 35.6 Å². The van der Waals surface area contributed by atoms with E-state index >= 15 is 0 Å². The molecule has 48 heavy (non-hydrogen) atoms. The van der Waals surface area contributed by atoms with Gasteiger partial charge in [-0.1, -0.05) is 40.0 Å². The maximum Gasteiger partial charge on any atom is 0.470 e. The number of allylic oxidation sites excluding steroid dienone is 1. The molecule has 8 atom stereocenters. The molecule has 0 bridgehead atoms. The summed E-state index contributed by atoms with van der Waals surface area (Å²) in [4.78, 5) is 0. The molecule has 0 radical (unpaired) electrons. The smallest absolute Gasteiger partial charge is 0.436 e. The van der Waals surface area contributed by atoms with Gasteiger partial charge >= 0.3 is 23.9 Å². The first-order valence-electron chi connectivity index (χ1n) is 17.7. The maximum atomic E-state index is 14.6. The summed E-state index contributed by atoms with van der Waals surface area (Å²) in [5.74, 6) is -14.8. The predicted molar refractivity (Wildman–Crippen MR) is 172 cm³/mol. The van der Waals surface area contributed by atoms with Crippen molar-refractivity contribution in [3.63, 3.8) is 0 Å². The van der Waals surface area contributed by atoms with E-state index in [4.69, 9.17) is 11.5 Å². The summed E-state index contributed by atoms with van der Waals surface area (Å²) in [5, 5.41) is 0. The van der Waals surface area contributed by atoms with E-state index in [0.29, 0.717) is 29.6 Å². The second-order valence-corrected chi connectivity index (χ2v) is 16.2. The van der Waals surface area contributed by atoms with E-state index in [-0.39, 0.29) is 35.8 Å². The van der Waals surface area contributed by atoms with Gasteiger partial charge in [0.15, 0.2) is 0 Å². The lowest BCUT2D eigenvalue weighted by molar-refractivity contribution is -0.420. The predicted octanol–water partition coefficient (Wildman–Crippen LogP) is 11.6. The molecule has 272 valence electrons. The zero-order chi connectivity index (χ0) is 35.5. The van der Waals surface area contributed by atoms with Gasteiger partial charge in [0.2, 0.25) is 0 Å². The quantitative estimate of drug-likeness (QED) is 0.138. The SMILES string of the molecule is CC(=COC(F)(F)C(F)(F)C(F)(F)C(F)(F)c1cc(N)cc(N)c1)CCC[C@@H](C)[C@H]1CC[C@H]2[C@@H]3CCC4CCCC[C@]4(C)[C@H]3CC[C@]12C. The van der Waals surface area contributed by atoms with Gasteiger partial charge in [-0.15, -0.1) is 0 Å². The van der Waals surface area contributed by atoms with E-state index in [1.165, 1.54) is 64.7 Å². The Morgan fingerprint density at radius 2 is 1.48 bits per heavy atom. The topological polar surface area (TPSA) is 61.3 Å². The highest BCUT2D eigenvalue weighted by atomic mass is 19.4. The Bertz CT molecular complexity index is 1330. The maximum absolute atomic E-state index is 14.6. The van der Waals surface area contributed by atoms with E-state index in [1.807, 2.05) is 0 Å². The van der Waals surface area contributed by atoms with Crippen LogP contribution >= 0.6 is 0 Å². The lowest BCUT2D eigenvalue weighted by Crippen LogP contribution is -2.61. The van der Waals surface area contributed by atoms with Crippen molar-refractivity contribution < 1.29 is 39.9 Å². The molecule has 1 unspecified atom stereocenters. The second-order valence-electron chi connectivity index (χ2n) is 16.2. The molecule has 0 amide bonds. The molecule has 5 rings (SSSR count). The summed E-state index contributed by atoms with van der Waals surface area (Å²) < 4.78 is 120. The van der Waals surface area contributed by atoms with Crippen LogP contribution in [-0.2, 0) is 10.7 Å². The van der Waals surface area contributed by atoms with Crippen LogP contribution in [0.4, 0.5) is 46.5 Å². The van der Waals surface area contributed by atoms with Crippen LogP contribution in [0, 0.1) is 46.3 Å². The summed E-state index contributed by atoms with van der Waals surface area (Å²) in [7, 11) is 0. The molecule has 0 aromatic heterocycles. The summed E-state index contributed by atoms with van der Waals surface area (Å²) in [5.41, 5.74) is 8.73. The zero-order valence-corrected chi connectivity index (χ0v) is 28.6. The number of rotatable bonds is 11. The van der Waals surface area contributed by atoms with Crippen LogP contribution in [0.1, 0.15) is 117 Å². The fraction of sp³-hybridized carbons (Fsp3) is 0.784. The first kappa shape index (κ1) is 37.1. The van der Waals surface area contributed by atoms with Crippen LogP contribution in [-0.4, -0.2) is 18.0 Å². The average Bonchev–Trinajstić information content (AvgIpc) is 3.36. The number of anilines is 2. The number of fused-ring (bicyclic) bond motifs is 5. The van der Waals surface area contributed by atoms with Gasteiger partial charge in [0, 0.05) is 16.9 Å². The number of alkyl halides is 8. The Kier molecular flexibility index (Phi) is 9.92. The third-order valence-corrected chi connectivity index (χ3v) is 13.5. The third kappa shape index (κ3) is 6.09. The molecule has 4 aliphatic carbocycles. The number of ether oxygens (including phenoxy) is 1. The van der Waals surface area contributed by atoms with E-state index < -0.39 is 40.8 Å². The highest BCUT2D eigenvalue weighted by Gasteiger charge is 2.82. The molecule has 4 N–H and O–H groups in total. The molecule has 4 fully saturated rings. The van der Waals surface area contributed by atoms with Gasteiger partial charge in [-0.3, -0.25) is 0 Å². The van der Waals surface area contributed by atoms with Crippen molar-refractivity contribution in [3.8, 4) is 0 Å². The summed E-state index contributed by atoms with van der Waals surface area (Å²) in [6, 6.07) is 1.49. The van der Waals surface area contributed by atoms with Crippen molar-refractivity contribution in [2.24, 2.45) is 46.3 Å². The standard InChI is InChI=1S/C37H52F8N2O/c1-22(21-48-37(44,45)36(42,43)35(40,41)34(38,39)25-18-26(46)20-27(47)19-25)8-7-9-23(2)29-13-14-30-28-12-11-24-10-5-6-16-32(24,3)31(28)15-17-33(29,30)4/h18-21,23-24,28-31H,5-17,46-47H2,1-4H3/t23-,24?,28+,29-,30+,31+,32+,33-/m1/s1. The Hall–Kier alpha value is -2.20. The summed E-state index contributed by atoms with van der Waals surface area (Å²) >= 11 is 0. The van der Waals surface area contributed by atoms with Crippen LogP contribution < -0.4 is 11.5 Å². The van der Waals surface area contributed by atoms with Gasteiger partial charge in [-0.05, 0) is 141 Å². The lowest BCUT2D eigenvalue weighted by Gasteiger charge is -2.61. The molecular weight excluding hydrogens is 640 g/mol. The average molecular weight is 693 g/mol. The van der Waals surface area contributed by atoms with E-state index in [9.17, 15) is 35.1 Å². The minimum atomic E-state index is -6.59. The highest BCUT2D eigenvalue weighted by Crippen LogP contribution is 2.68. The summed E-state index contributed by atoms with van der Waals surface area (Å²) in [6.45, 7) is 8.63. The first-order valence-corrected chi connectivity index (χ1v) is 17.7. The number of nitrogen functional groups attached to an aromatic ring is 2. The van der Waals surface area contributed by atoms with Gasteiger partial charge in [-0.2, -0.15) is 35.1 Å². The van der Waals surface area contributed by atoms with Crippen molar-refractivity contribution in [1.82, 2.24) is 0 Å². The number of hydrogen-bond acceptors (Lipinski definition) is 3. The number of nitrogens with two attached hydrogens (primary N) is 2. The van der Waals surface area contributed by atoms with E-state index in [1.54, 1.807) is 0 Å². The lowest BCUT2D eigenvalue weighted by atomic mass is 9.44. The van der Waals surface area contributed by atoms with Crippen LogP contribution in [0.25, 0.3) is 0 Å². The Morgan fingerprint density at radius 3 is 2.15 bits per heavy atom. The van der Waals surface area contributed by atoms with Crippen molar-refractivity contribution in [1.29, 1.82) is 0 Å². The van der Waals surface area contributed by atoms with Crippen molar-refractivity contribution in [2.45, 2.75) is 135 Å². The molecule has 0 spiro atoms. The Morgan fingerprint density at radius 1 is 0.833 bits per heavy atom. The molecule has 0 heterocycles. The Balaban J connectivity index is 1.17. The molecule has 0 aliphatic heterocycles. The third-order valence-electron chi connectivity index (χ3n) is 13.5. The minimum Gasteiger partial charge on any atom is -0.436 e. The summed E-state index contributed by atoms with van der Waals surface area (Å²) in [6.07, 6.45) is 8.91. The fourth-order valence-corrected chi connectivity index (χ4v) is 10.9. The number of halogens is 8. The van der Waals surface area contributed by atoms with Crippen LogP contribution in [0.3, 0.4) is 0 Å². The van der Waals surface area contributed by atoms with Gasteiger partial charge < -0.3 is 16.2 Å². The highest BCUT2D eigenvalue weighted by molar-refractivity contribution is 5.55. The molecular formula is C37H52F8N2O. The molecule has 1 aromatic carbocycles. The van der Waals surface area contributed by atoms with Crippen molar-refractivity contribution in [2.75, 3.05) is 11.5 Å². The normalized spacial score (nSPS) is 33.8. The van der Waals surface area contributed by atoms with Crippen molar-refractivity contribution >= 4 is 11.4 Å². The first-order chi connectivity index (χ1) is 22.2. The van der Waals surface area contributed by atoms with Gasteiger partial charge in [0.25, 0.3) is 0 Å². The molecule has 0 saturated heterocycles. The second kappa shape index (κ2) is 12.8. The molecule has 4 saturated carbocycles. The van der Waals surface area contributed by atoms with Gasteiger partial charge in [0.1, 0.15) is 0 Å². The zero-order valence-electron chi connectivity index (χ0n) is 28.6. The number of benzene rings is 1. The fourth-order valence-electron chi connectivity index (χ4n) is 10.9. The van der Waals surface area contributed by atoms with Crippen LogP contribution in [0.15, 0.2) is 30.0 Å². The van der Waals surface area contributed by atoms with E-state index in [2.05, 4.69) is 25.5 Å². The molecule has 1 aromatic rings. The van der Waals surface area contributed by atoms with E-state index in [0.717, 1.165) is 36.7 Å². The van der Waals surface area contributed by atoms with Gasteiger partial charge in [-0.25, -0.2) is 0 Å². The number of hydrogen-bond donors (Lipinski definition) is 2. The molecule has 3 nitrogen and oxygen atoms in total.